The number of ether oxygens (including phenoxy) is 1. The molecule has 128 valence electrons. The molecule has 1 atom stereocenters. The summed E-state index contributed by atoms with van der Waals surface area (Å²) in [5, 5.41) is 22.2. The first-order valence-corrected chi connectivity index (χ1v) is 7.11. The summed E-state index contributed by atoms with van der Waals surface area (Å²) in [7, 11) is 3.02. The first-order chi connectivity index (χ1) is 11.3. The molecule has 1 amide bonds. The number of benzene rings is 1. The molecule has 0 radical (unpaired) electrons. The third-order valence-electron chi connectivity index (χ3n) is 3.27. The summed E-state index contributed by atoms with van der Waals surface area (Å²) >= 11 is 0. The van der Waals surface area contributed by atoms with Crippen LogP contribution >= 0.6 is 0 Å². The molecule has 0 saturated heterocycles. The Morgan fingerprint density at radius 2 is 2.17 bits per heavy atom. The van der Waals surface area contributed by atoms with E-state index in [0.717, 1.165) is 6.07 Å². The van der Waals surface area contributed by atoms with Crippen molar-refractivity contribution in [1.29, 1.82) is 5.26 Å². The van der Waals surface area contributed by atoms with Crippen molar-refractivity contribution in [2.45, 2.75) is 19.4 Å². The molecule has 0 unspecified atom stereocenters. The Morgan fingerprint density at radius 3 is 2.71 bits per heavy atom. The van der Waals surface area contributed by atoms with Crippen LogP contribution in [0.5, 0.6) is 0 Å². The SMILES string of the molecule is CNc1ccc(C(=O)O[C@H](C)C(=O)N(C)CCC#N)cc1[N+](=O)[O-]. The number of carbonyl (C=O) groups excluding carboxylic acids is 2. The molecule has 0 aromatic heterocycles. The predicted molar refractivity (Wildman–Crippen MR) is 85.4 cm³/mol. The zero-order chi connectivity index (χ0) is 18.3. The highest BCUT2D eigenvalue weighted by Gasteiger charge is 2.24. The van der Waals surface area contributed by atoms with E-state index in [1.54, 1.807) is 0 Å². The number of nitrogens with one attached hydrogen (secondary N) is 1. The molecule has 0 bridgehead atoms. The van der Waals surface area contributed by atoms with E-state index in [1.165, 1.54) is 38.1 Å². The first kappa shape index (κ1) is 18.9. The quantitative estimate of drug-likeness (QED) is 0.455. The van der Waals surface area contributed by atoms with Crippen LogP contribution in [0.15, 0.2) is 18.2 Å². The van der Waals surface area contributed by atoms with Crippen molar-refractivity contribution >= 4 is 23.3 Å². The van der Waals surface area contributed by atoms with E-state index >= 15 is 0 Å². The summed E-state index contributed by atoms with van der Waals surface area (Å²) in [5.41, 5.74) is -0.0333. The van der Waals surface area contributed by atoms with Gasteiger partial charge in [0.25, 0.3) is 11.6 Å². The van der Waals surface area contributed by atoms with Crippen molar-refractivity contribution in [2.24, 2.45) is 0 Å². The van der Waals surface area contributed by atoms with Gasteiger partial charge >= 0.3 is 5.97 Å². The lowest BCUT2D eigenvalue weighted by Crippen LogP contribution is -2.37. The van der Waals surface area contributed by atoms with E-state index in [1.807, 2.05) is 6.07 Å². The van der Waals surface area contributed by atoms with E-state index in [9.17, 15) is 19.7 Å². The number of hydrogen-bond donors (Lipinski definition) is 1. The normalized spacial score (nSPS) is 11.1. The number of carbonyl (C=O) groups is 2. The van der Waals surface area contributed by atoms with E-state index in [0.29, 0.717) is 0 Å². The van der Waals surface area contributed by atoms with Crippen LogP contribution < -0.4 is 5.32 Å². The Hall–Kier alpha value is -3.15. The lowest BCUT2D eigenvalue weighted by Gasteiger charge is -2.20. The van der Waals surface area contributed by atoms with Crippen molar-refractivity contribution < 1.29 is 19.2 Å². The molecule has 9 heteroatoms. The Bertz CT molecular complexity index is 683. The van der Waals surface area contributed by atoms with Gasteiger partial charge in [-0.2, -0.15) is 5.26 Å². The maximum atomic E-state index is 12.1. The fourth-order valence-corrected chi connectivity index (χ4v) is 1.94. The molecular formula is C15H18N4O5. The van der Waals surface area contributed by atoms with Gasteiger partial charge in [-0.25, -0.2) is 4.79 Å². The van der Waals surface area contributed by atoms with E-state index in [-0.39, 0.29) is 29.9 Å². The van der Waals surface area contributed by atoms with Crippen LogP contribution in [-0.2, 0) is 9.53 Å². The van der Waals surface area contributed by atoms with Crippen LogP contribution in [0.4, 0.5) is 11.4 Å². The average molecular weight is 334 g/mol. The largest absolute Gasteiger partial charge is 0.449 e. The number of nitro groups is 1. The maximum Gasteiger partial charge on any atom is 0.339 e. The number of likely N-dealkylation sites (N-methyl/N-ethyl adjacent to an activating group) is 1. The minimum absolute atomic E-state index is 0.0278. The second-order valence-electron chi connectivity index (χ2n) is 4.95. The topological polar surface area (TPSA) is 126 Å². The number of nitro benzene ring substituents is 1. The highest BCUT2D eigenvalue weighted by Crippen LogP contribution is 2.25. The average Bonchev–Trinajstić information content (AvgIpc) is 2.57. The van der Waals surface area contributed by atoms with Gasteiger partial charge < -0.3 is 15.0 Å². The van der Waals surface area contributed by atoms with Gasteiger partial charge in [-0.3, -0.25) is 14.9 Å². The van der Waals surface area contributed by atoms with Crippen LogP contribution in [0.2, 0.25) is 0 Å². The van der Waals surface area contributed by atoms with Gasteiger partial charge in [-0.1, -0.05) is 0 Å². The number of rotatable bonds is 7. The molecule has 1 rings (SSSR count). The third kappa shape index (κ3) is 4.67. The number of nitrogens with zero attached hydrogens (tertiary/aromatic N) is 3. The summed E-state index contributed by atoms with van der Waals surface area (Å²) in [6.07, 6.45) is -0.898. The Balaban J connectivity index is 2.84. The minimum atomic E-state index is -1.07. The Morgan fingerprint density at radius 1 is 1.50 bits per heavy atom. The number of nitriles is 1. The summed E-state index contributed by atoms with van der Waals surface area (Å²) < 4.78 is 5.05. The molecule has 0 aliphatic carbocycles. The van der Waals surface area contributed by atoms with E-state index in [2.05, 4.69) is 5.32 Å². The van der Waals surface area contributed by atoms with Crippen molar-refractivity contribution in [2.75, 3.05) is 26.0 Å². The second-order valence-corrected chi connectivity index (χ2v) is 4.95. The van der Waals surface area contributed by atoms with Crippen LogP contribution in [0.1, 0.15) is 23.7 Å². The molecule has 1 aromatic carbocycles. The van der Waals surface area contributed by atoms with E-state index < -0.39 is 22.9 Å². The Labute approximate surface area is 139 Å². The molecule has 9 nitrogen and oxygen atoms in total. The first-order valence-electron chi connectivity index (χ1n) is 7.11. The van der Waals surface area contributed by atoms with Gasteiger partial charge in [0.15, 0.2) is 6.10 Å². The van der Waals surface area contributed by atoms with Crippen molar-refractivity contribution in [3.63, 3.8) is 0 Å². The standard InChI is InChI=1S/C15H18N4O5/c1-10(14(20)18(3)8-4-7-16)24-15(21)11-5-6-12(17-2)13(9-11)19(22)23/h5-6,9-10,17H,4,8H2,1-3H3/t10-/m1/s1. The number of amides is 1. The molecule has 24 heavy (non-hydrogen) atoms. The van der Waals surface area contributed by atoms with Gasteiger partial charge in [-0.15, -0.1) is 0 Å². The third-order valence-corrected chi connectivity index (χ3v) is 3.27. The summed E-state index contributed by atoms with van der Waals surface area (Å²) in [6.45, 7) is 1.62. The monoisotopic (exact) mass is 334 g/mol. The molecule has 0 spiro atoms. The smallest absolute Gasteiger partial charge is 0.339 e. The molecule has 0 fully saturated rings. The van der Waals surface area contributed by atoms with Crippen LogP contribution in [0.3, 0.4) is 0 Å². The number of hydrogen-bond acceptors (Lipinski definition) is 7. The zero-order valence-corrected chi connectivity index (χ0v) is 13.6. The molecule has 0 saturated carbocycles. The fourth-order valence-electron chi connectivity index (χ4n) is 1.94. The van der Waals surface area contributed by atoms with Gasteiger partial charge in [0.2, 0.25) is 0 Å². The molecule has 0 aliphatic heterocycles. The second kappa shape index (κ2) is 8.47. The summed E-state index contributed by atoms with van der Waals surface area (Å²) in [4.78, 5) is 35.8. The lowest BCUT2D eigenvalue weighted by atomic mass is 10.1. The van der Waals surface area contributed by atoms with Gasteiger partial charge in [-0.05, 0) is 19.1 Å². The predicted octanol–water partition coefficient (Wildman–Crippen LogP) is 1.55. The van der Waals surface area contributed by atoms with Crippen molar-refractivity contribution in [1.82, 2.24) is 4.90 Å². The number of anilines is 1. The van der Waals surface area contributed by atoms with Crippen LogP contribution in [-0.4, -0.2) is 48.4 Å². The van der Waals surface area contributed by atoms with E-state index in [4.69, 9.17) is 10.00 Å². The van der Waals surface area contributed by atoms with Gasteiger partial charge in [0, 0.05) is 26.7 Å². The molecule has 1 N–H and O–H groups in total. The summed E-state index contributed by atoms with van der Waals surface area (Å²) in [5.74, 6) is -1.30. The summed E-state index contributed by atoms with van der Waals surface area (Å²) in [6, 6.07) is 5.77. The highest BCUT2D eigenvalue weighted by molar-refractivity contribution is 5.93. The van der Waals surface area contributed by atoms with Crippen molar-refractivity contribution in [3.05, 3.63) is 33.9 Å². The molecule has 1 aromatic rings. The van der Waals surface area contributed by atoms with Gasteiger partial charge in [0.1, 0.15) is 5.69 Å². The van der Waals surface area contributed by atoms with Crippen LogP contribution in [0, 0.1) is 21.4 Å². The maximum absolute atomic E-state index is 12.1. The fraction of sp³-hybridized carbons (Fsp3) is 0.400. The van der Waals surface area contributed by atoms with Gasteiger partial charge in [0.05, 0.1) is 23.0 Å². The highest BCUT2D eigenvalue weighted by atomic mass is 16.6. The zero-order valence-electron chi connectivity index (χ0n) is 13.6. The molecule has 0 heterocycles. The number of esters is 1. The lowest BCUT2D eigenvalue weighted by molar-refractivity contribution is -0.384. The molecular weight excluding hydrogens is 316 g/mol. The van der Waals surface area contributed by atoms with Crippen LogP contribution in [0.25, 0.3) is 0 Å². The Kier molecular flexibility index (Phi) is 6.67. The van der Waals surface area contributed by atoms with Crippen molar-refractivity contribution in [3.8, 4) is 6.07 Å². The minimum Gasteiger partial charge on any atom is -0.449 e. The molecule has 0 aliphatic rings.